The van der Waals surface area contributed by atoms with Crippen LogP contribution in [0.2, 0.25) is 5.02 Å². The summed E-state index contributed by atoms with van der Waals surface area (Å²) in [5.41, 5.74) is 0.892. The van der Waals surface area contributed by atoms with Crippen LogP contribution in [-0.4, -0.2) is 59.5 Å². The van der Waals surface area contributed by atoms with Gasteiger partial charge in [0.25, 0.3) is 5.91 Å². The number of carbonyl (C=O) groups is 1. The molecule has 2 aromatic heterocycles. The molecule has 3 aromatic rings. The zero-order valence-electron chi connectivity index (χ0n) is 15.4. The van der Waals surface area contributed by atoms with Crippen LogP contribution in [0.25, 0.3) is 10.2 Å². The highest BCUT2D eigenvalue weighted by molar-refractivity contribution is 7.89. The lowest BCUT2D eigenvalue weighted by Crippen LogP contribution is -2.50. The van der Waals surface area contributed by atoms with Gasteiger partial charge in [0.2, 0.25) is 10.0 Å². The Morgan fingerprint density at radius 2 is 1.86 bits per heavy atom. The van der Waals surface area contributed by atoms with E-state index in [9.17, 15) is 13.2 Å². The fourth-order valence-electron chi connectivity index (χ4n) is 3.39. The van der Waals surface area contributed by atoms with Crippen molar-refractivity contribution >= 4 is 49.1 Å². The molecule has 0 unspecified atom stereocenters. The number of fused-ring (bicyclic) bond motifs is 1. The smallest absolute Gasteiger partial charge is 0.264 e. The van der Waals surface area contributed by atoms with Crippen LogP contribution in [0.4, 0.5) is 0 Å². The van der Waals surface area contributed by atoms with Crippen molar-refractivity contribution in [3.63, 3.8) is 0 Å². The average Bonchev–Trinajstić information content (AvgIpc) is 3.23. The highest BCUT2D eigenvalue weighted by atomic mass is 35.5. The van der Waals surface area contributed by atoms with Crippen molar-refractivity contribution < 1.29 is 13.2 Å². The van der Waals surface area contributed by atoms with Crippen LogP contribution in [0, 0.1) is 6.92 Å². The molecule has 0 bridgehead atoms. The van der Waals surface area contributed by atoms with Crippen LogP contribution < -0.4 is 0 Å². The van der Waals surface area contributed by atoms with Crippen molar-refractivity contribution in [2.75, 3.05) is 26.2 Å². The van der Waals surface area contributed by atoms with Crippen LogP contribution in [0.15, 0.2) is 35.2 Å². The van der Waals surface area contributed by atoms with E-state index in [4.69, 9.17) is 11.6 Å². The number of thiophene rings is 1. The maximum atomic E-state index is 12.9. The third-order valence-corrected chi connectivity index (χ3v) is 8.48. The Kier molecular flexibility index (Phi) is 4.95. The molecule has 0 atom stereocenters. The summed E-state index contributed by atoms with van der Waals surface area (Å²) in [5, 5.41) is 5.54. The molecule has 148 valence electrons. The molecule has 1 amide bonds. The molecule has 1 saturated heterocycles. The molecule has 3 heterocycles. The number of rotatable bonds is 3. The molecule has 1 aliphatic heterocycles. The first-order valence-electron chi connectivity index (χ1n) is 8.76. The van der Waals surface area contributed by atoms with Crippen LogP contribution in [0.3, 0.4) is 0 Å². The number of carbonyl (C=O) groups excluding carboxylic acids is 1. The first kappa shape index (κ1) is 19.4. The van der Waals surface area contributed by atoms with Gasteiger partial charge in [-0.3, -0.25) is 9.48 Å². The molecule has 1 fully saturated rings. The minimum atomic E-state index is -3.67. The molecule has 4 rings (SSSR count). The number of aryl methyl sites for hydroxylation is 2. The monoisotopic (exact) mass is 438 g/mol. The second-order valence-electron chi connectivity index (χ2n) is 6.67. The fraction of sp³-hybridized carbons (Fsp3) is 0.333. The Balaban J connectivity index is 1.49. The number of aromatic nitrogens is 2. The molecule has 0 N–H and O–H groups in total. The summed E-state index contributed by atoms with van der Waals surface area (Å²) in [7, 11) is -1.82. The molecular weight excluding hydrogens is 420 g/mol. The van der Waals surface area contributed by atoms with Gasteiger partial charge >= 0.3 is 0 Å². The topological polar surface area (TPSA) is 75.5 Å². The highest BCUT2D eigenvalue weighted by Crippen LogP contribution is 2.29. The highest BCUT2D eigenvalue weighted by Gasteiger charge is 2.32. The van der Waals surface area contributed by atoms with E-state index in [1.54, 1.807) is 27.8 Å². The molecule has 7 nitrogen and oxygen atoms in total. The van der Waals surface area contributed by atoms with E-state index < -0.39 is 10.0 Å². The molecule has 0 spiro atoms. The Bertz CT molecular complexity index is 1130. The van der Waals surface area contributed by atoms with E-state index in [2.05, 4.69) is 5.10 Å². The van der Waals surface area contributed by atoms with Gasteiger partial charge in [-0.15, -0.1) is 11.3 Å². The second kappa shape index (κ2) is 7.14. The minimum Gasteiger partial charge on any atom is -0.335 e. The van der Waals surface area contributed by atoms with Gasteiger partial charge in [0.05, 0.1) is 15.6 Å². The summed E-state index contributed by atoms with van der Waals surface area (Å²) in [4.78, 5) is 16.3. The van der Waals surface area contributed by atoms with Gasteiger partial charge < -0.3 is 4.90 Å². The predicted molar refractivity (Wildman–Crippen MR) is 109 cm³/mol. The van der Waals surface area contributed by atoms with Gasteiger partial charge in [-0.2, -0.15) is 9.40 Å². The van der Waals surface area contributed by atoms with Crippen molar-refractivity contribution in [2.24, 2.45) is 7.05 Å². The van der Waals surface area contributed by atoms with E-state index in [0.717, 1.165) is 15.9 Å². The average molecular weight is 439 g/mol. The van der Waals surface area contributed by atoms with Crippen LogP contribution >= 0.6 is 22.9 Å². The van der Waals surface area contributed by atoms with E-state index >= 15 is 0 Å². The number of piperazine rings is 1. The standard InChI is InChI=1S/C18H19ClN4O3S2/c1-12-13-11-15(27-18(13)21(2)20-12)17(24)22-7-9-23(10-8-22)28(25,26)16-6-4-3-5-14(16)19/h3-6,11H,7-10H2,1-2H3. The third-order valence-electron chi connectivity index (χ3n) is 4.89. The van der Waals surface area contributed by atoms with Crippen LogP contribution in [-0.2, 0) is 17.1 Å². The number of benzene rings is 1. The van der Waals surface area contributed by atoms with Crippen LogP contribution in [0.1, 0.15) is 15.4 Å². The van der Waals surface area contributed by atoms with E-state index in [-0.39, 0.29) is 28.9 Å². The summed E-state index contributed by atoms with van der Waals surface area (Å²) < 4.78 is 28.8. The number of amides is 1. The van der Waals surface area contributed by atoms with Gasteiger partial charge in [-0.1, -0.05) is 23.7 Å². The summed E-state index contributed by atoms with van der Waals surface area (Å²) >= 11 is 7.48. The second-order valence-corrected chi connectivity index (χ2v) is 10.0. The lowest BCUT2D eigenvalue weighted by molar-refractivity contribution is 0.0703. The molecular formula is C18H19ClN4O3S2. The van der Waals surface area contributed by atoms with E-state index in [1.165, 1.54) is 21.7 Å². The fourth-order valence-corrected chi connectivity index (χ4v) is 6.40. The number of sulfonamides is 1. The first-order chi connectivity index (χ1) is 13.3. The van der Waals surface area contributed by atoms with Gasteiger partial charge in [-0.25, -0.2) is 8.42 Å². The van der Waals surface area contributed by atoms with Crippen molar-refractivity contribution in [3.05, 3.63) is 45.9 Å². The zero-order chi connectivity index (χ0) is 20.1. The van der Waals surface area contributed by atoms with Crippen molar-refractivity contribution in [2.45, 2.75) is 11.8 Å². The Labute approximate surface area is 172 Å². The number of nitrogens with zero attached hydrogens (tertiary/aromatic N) is 4. The van der Waals surface area contributed by atoms with E-state index in [1.807, 2.05) is 20.0 Å². The summed E-state index contributed by atoms with van der Waals surface area (Å²) in [6.45, 7) is 3.08. The number of halogens is 1. The van der Waals surface area contributed by atoms with Gasteiger partial charge in [-0.05, 0) is 25.1 Å². The maximum Gasteiger partial charge on any atom is 0.264 e. The van der Waals surface area contributed by atoms with Gasteiger partial charge in [0.1, 0.15) is 9.73 Å². The van der Waals surface area contributed by atoms with Crippen molar-refractivity contribution in [1.29, 1.82) is 0 Å². The quantitative estimate of drug-likeness (QED) is 0.630. The molecule has 1 aliphatic rings. The summed E-state index contributed by atoms with van der Waals surface area (Å²) in [6, 6.07) is 8.28. The zero-order valence-corrected chi connectivity index (χ0v) is 17.8. The molecule has 0 saturated carbocycles. The summed E-state index contributed by atoms with van der Waals surface area (Å²) in [5.74, 6) is -0.0737. The van der Waals surface area contributed by atoms with Crippen molar-refractivity contribution in [3.8, 4) is 0 Å². The third kappa shape index (κ3) is 3.22. The number of hydrogen-bond acceptors (Lipinski definition) is 5. The van der Waals surface area contributed by atoms with Crippen LogP contribution in [0.5, 0.6) is 0 Å². The lowest BCUT2D eigenvalue weighted by Gasteiger charge is -2.33. The Hall–Kier alpha value is -1.94. The predicted octanol–water partition coefficient (Wildman–Crippen LogP) is 2.74. The maximum absolute atomic E-state index is 12.9. The van der Waals surface area contributed by atoms with Gasteiger partial charge in [0, 0.05) is 38.6 Å². The molecule has 1 aromatic carbocycles. The Morgan fingerprint density at radius 3 is 2.50 bits per heavy atom. The Morgan fingerprint density at radius 1 is 1.18 bits per heavy atom. The minimum absolute atomic E-state index is 0.0737. The normalized spacial score (nSPS) is 16.0. The molecule has 0 radical (unpaired) electrons. The molecule has 10 heteroatoms. The first-order valence-corrected chi connectivity index (χ1v) is 11.4. The molecule has 0 aliphatic carbocycles. The SMILES string of the molecule is Cc1nn(C)c2sc(C(=O)N3CCN(S(=O)(=O)c4ccccc4Cl)CC3)cc12. The number of hydrogen-bond donors (Lipinski definition) is 0. The van der Waals surface area contributed by atoms with E-state index in [0.29, 0.717) is 18.0 Å². The lowest BCUT2D eigenvalue weighted by atomic mass is 10.3. The van der Waals surface area contributed by atoms with Gasteiger partial charge in [0.15, 0.2) is 0 Å². The molecule has 28 heavy (non-hydrogen) atoms. The van der Waals surface area contributed by atoms with Crippen molar-refractivity contribution in [1.82, 2.24) is 19.0 Å². The summed E-state index contributed by atoms with van der Waals surface area (Å²) in [6.07, 6.45) is 0. The largest absolute Gasteiger partial charge is 0.335 e.